The monoisotopic (exact) mass is 591 g/mol. The van der Waals surface area contributed by atoms with Crippen molar-refractivity contribution in [2.75, 3.05) is 19.0 Å². The van der Waals surface area contributed by atoms with Crippen LogP contribution in [0, 0.1) is 11.2 Å². The number of hydrogen-bond acceptors (Lipinski definition) is 8. The number of anilines is 1. The number of nitrogens with two attached hydrogens (primary N) is 2. The molecule has 1 unspecified atom stereocenters. The van der Waals surface area contributed by atoms with Gasteiger partial charge in [-0.1, -0.05) is 12.1 Å². The maximum absolute atomic E-state index is 16.1. The molecule has 1 amide bonds. The van der Waals surface area contributed by atoms with Crippen LogP contribution in [0.2, 0.25) is 0 Å². The van der Waals surface area contributed by atoms with Gasteiger partial charge in [0.25, 0.3) is 11.9 Å². The summed E-state index contributed by atoms with van der Waals surface area (Å²) in [6.45, 7) is 1.53. The Hall–Kier alpha value is -5.66. The number of aromatic nitrogens is 3. The van der Waals surface area contributed by atoms with Gasteiger partial charge < -0.3 is 31.4 Å². The Morgan fingerprint density at radius 2 is 1.88 bits per heavy atom. The van der Waals surface area contributed by atoms with E-state index in [-0.39, 0.29) is 28.5 Å². The molecule has 0 fully saturated rings. The summed E-state index contributed by atoms with van der Waals surface area (Å²) in [6, 6.07) is 13.4. The standard InChI is InChI=1S/C27H26FN7O4.C2H4O2/c1-38-20-13-18(21(28)17-6-4-12-39-23(17)20)22(32-15-10-8-14(9-11-15)24(29)30)26-33-27(37)35(34-26)19-7-3-2-5-16(19)25(31)36;1-2(3)4/h2-3,5,7-11,13,22,32H,4,6,12H2,1H3,(H3,29,30)(H2,31,36)(H,33,34,37);1H3,(H,3,4). The number of ether oxygens (including phenoxy) is 2. The van der Waals surface area contributed by atoms with E-state index in [9.17, 15) is 9.59 Å². The fraction of sp³-hybridized carbons (Fsp3) is 0.207. The summed E-state index contributed by atoms with van der Waals surface area (Å²) < 4.78 is 28.3. The number of halogens is 1. The summed E-state index contributed by atoms with van der Waals surface area (Å²) in [5, 5.41) is 22.7. The molecule has 0 radical (unpaired) electrons. The Morgan fingerprint density at radius 3 is 2.51 bits per heavy atom. The normalized spacial score (nSPS) is 12.5. The molecule has 0 aliphatic carbocycles. The molecule has 3 aromatic carbocycles. The smallest absolute Gasteiger partial charge is 0.348 e. The van der Waals surface area contributed by atoms with Crippen LogP contribution in [0.15, 0.2) is 59.4 Å². The number of para-hydroxylation sites is 1. The van der Waals surface area contributed by atoms with Crippen molar-refractivity contribution in [3.63, 3.8) is 0 Å². The minimum atomic E-state index is -0.996. The molecule has 2 heterocycles. The van der Waals surface area contributed by atoms with Gasteiger partial charge >= 0.3 is 5.69 Å². The molecule has 0 saturated carbocycles. The van der Waals surface area contributed by atoms with Gasteiger partial charge in [-0.3, -0.25) is 20.0 Å². The Morgan fingerprint density at radius 1 is 1.21 bits per heavy atom. The van der Waals surface area contributed by atoms with E-state index in [1.165, 1.54) is 25.3 Å². The van der Waals surface area contributed by atoms with Gasteiger partial charge in [-0.2, -0.15) is 4.68 Å². The van der Waals surface area contributed by atoms with E-state index < -0.39 is 29.4 Å². The molecule has 0 bridgehead atoms. The van der Waals surface area contributed by atoms with Crippen LogP contribution in [0.1, 0.15) is 52.3 Å². The number of rotatable bonds is 8. The van der Waals surface area contributed by atoms with Crippen molar-refractivity contribution in [2.45, 2.75) is 25.8 Å². The fourth-order valence-corrected chi connectivity index (χ4v) is 4.57. The van der Waals surface area contributed by atoms with E-state index in [1.54, 1.807) is 36.4 Å². The van der Waals surface area contributed by atoms with Crippen molar-refractivity contribution < 1.29 is 28.6 Å². The summed E-state index contributed by atoms with van der Waals surface area (Å²) in [5.74, 6) is -1.40. The number of amidine groups is 1. The number of nitrogens with one attached hydrogen (secondary N) is 3. The first-order chi connectivity index (χ1) is 20.5. The van der Waals surface area contributed by atoms with Crippen molar-refractivity contribution in [1.29, 1.82) is 5.41 Å². The van der Waals surface area contributed by atoms with Crippen molar-refractivity contribution in [2.24, 2.45) is 11.5 Å². The van der Waals surface area contributed by atoms with E-state index in [2.05, 4.69) is 15.4 Å². The number of carbonyl (C=O) groups excluding carboxylic acids is 1. The number of hydrogen-bond donors (Lipinski definition) is 6. The number of fused-ring (bicyclic) bond motifs is 1. The Balaban J connectivity index is 0.000000996. The Bertz CT molecular complexity index is 1730. The average Bonchev–Trinajstić information content (AvgIpc) is 3.37. The molecule has 224 valence electrons. The van der Waals surface area contributed by atoms with Crippen molar-refractivity contribution in [3.05, 3.63) is 99.0 Å². The Kier molecular flexibility index (Phi) is 9.08. The number of carboxylic acids is 1. The number of nitrogens with zero attached hydrogens (tertiary/aromatic N) is 2. The van der Waals surface area contributed by atoms with Gasteiger partial charge in [0.05, 0.1) is 25.0 Å². The number of carboxylic acid groups (broad SMARTS) is 1. The first kappa shape index (κ1) is 30.3. The summed E-state index contributed by atoms with van der Waals surface area (Å²) in [4.78, 5) is 36.7. The number of methoxy groups -OCH3 is 1. The summed E-state index contributed by atoms with van der Waals surface area (Å²) in [5.41, 5.74) is 12.3. The fourth-order valence-electron chi connectivity index (χ4n) is 4.57. The lowest BCUT2D eigenvalue weighted by Crippen LogP contribution is -2.21. The molecule has 14 heteroatoms. The third-order valence-corrected chi connectivity index (χ3v) is 6.46. The molecule has 0 saturated heterocycles. The molecule has 43 heavy (non-hydrogen) atoms. The van der Waals surface area contributed by atoms with E-state index in [4.69, 9.17) is 36.3 Å². The van der Waals surface area contributed by atoms with Crippen LogP contribution in [-0.2, 0) is 11.2 Å². The van der Waals surface area contributed by atoms with Gasteiger partial charge in [-0.15, -0.1) is 5.10 Å². The van der Waals surface area contributed by atoms with Crippen LogP contribution in [0.3, 0.4) is 0 Å². The molecule has 0 spiro atoms. The topological polar surface area (TPSA) is 211 Å². The van der Waals surface area contributed by atoms with Gasteiger partial charge in [0.2, 0.25) is 0 Å². The highest BCUT2D eigenvalue weighted by Crippen LogP contribution is 2.41. The van der Waals surface area contributed by atoms with Crippen LogP contribution < -0.4 is 31.9 Å². The largest absolute Gasteiger partial charge is 0.493 e. The summed E-state index contributed by atoms with van der Waals surface area (Å²) in [7, 11) is 1.47. The highest BCUT2D eigenvalue weighted by atomic mass is 19.1. The van der Waals surface area contributed by atoms with Crippen LogP contribution >= 0.6 is 0 Å². The molecule has 4 aromatic rings. The molecule has 5 rings (SSSR count). The zero-order chi connectivity index (χ0) is 31.3. The number of benzene rings is 3. The lowest BCUT2D eigenvalue weighted by Gasteiger charge is -2.25. The van der Waals surface area contributed by atoms with Crippen LogP contribution in [0.5, 0.6) is 11.5 Å². The highest BCUT2D eigenvalue weighted by Gasteiger charge is 2.30. The number of aliphatic carboxylic acids is 1. The lowest BCUT2D eigenvalue weighted by molar-refractivity contribution is -0.134. The number of H-pyrrole nitrogens is 1. The molecular formula is C29H30FN7O6. The van der Waals surface area contributed by atoms with Gasteiger partial charge in [0.1, 0.15) is 17.7 Å². The predicted molar refractivity (Wildman–Crippen MR) is 156 cm³/mol. The first-order valence-electron chi connectivity index (χ1n) is 13.0. The third kappa shape index (κ3) is 6.64. The van der Waals surface area contributed by atoms with Gasteiger partial charge in [0.15, 0.2) is 17.3 Å². The van der Waals surface area contributed by atoms with Crippen molar-refractivity contribution in [1.82, 2.24) is 14.8 Å². The second kappa shape index (κ2) is 12.9. The molecule has 1 aromatic heterocycles. The maximum atomic E-state index is 16.1. The molecule has 1 atom stereocenters. The summed E-state index contributed by atoms with van der Waals surface area (Å²) in [6.07, 6.45) is 1.08. The maximum Gasteiger partial charge on any atom is 0.348 e. The molecule has 1 aliphatic heterocycles. The first-order valence-corrected chi connectivity index (χ1v) is 13.0. The number of carbonyl (C=O) groups is 2. The van der Waals surface area contributed by atoms with E-state index in [1.807, 2.05) is 0 Å². The SMILES string of the molecule is CC(=O)O.COc1cc(C(Nc2ccc(C(=N)N)cc2)c2nn(-c3ccccc3C(N)=O)c(=O)[nH]2)c(F)c2c1OCCC2. The van der Waals surface area contributed by atoms with Crippen LogP contribution in [-0.4, -0.2) is 51.3 Å². The summed E-state index contributed by atoms with van der Waals surface area (Å²) >= 11 is 0. The predicted octanol–water partition coefficient (Wildman–Crippen LogP) is 2.71. The Labute approximate surface area is 244 Å². The number of amides is 1. The number of aromatic amines is 1. The second-order valence-corrected chi connectivity index (χ2v) is 9.44. The zero-order valence-electron chi connectivity index (χ0n) is 23.3. The minimum absolute atomic E-state index is 0.0764. The average molecular weight is 592 g/mol. The van der Waals surface area contributed by atoms with Gasteiger partial charge in [-0.25, -0.2) is 9.18 Å². The third-order valence-electron chi connectivity index (χ3n) is 6.46. The zero-order valence-corrected chi connectivity index (χ0v) is 23.3. The lowest BCUT2D eigenvalue weighted by atomic mass is 9.96. The molecule has 1 aliphatic rings. The highest BCUT2D eigenvalue weighted by molar-refractivity contribution is 5.96. The van der Waals surface area contributed by atoms with Gasteiger partial charge in [0, 0.05) is 29.3 Å². The van der Waals surface area contributed by atoms with Crippen LogP contribution in [0.4, 0.5) is 10.1 Å². The van der Waals surface area contributed by atoms with Crippen molar-refractivity contribution in [3.8, 4) is 17.2 Å². The minimum Gasteiger partial charge on any atom is -0.493 e. The van der Waals surface area contributed by atoms with Crippen LogP contribution in [0.25, 0.3) is 5.69 Å². The molecule has 13 nitrogen and oxygen atoms in total. The molecule has 8 N–H and O–H groups in total. The number of nitrogen functional groups attached to an aromatic ring is 1. The van der Waals surface area contributed by atoms with E-state index in [0.717, 1.165) is 11.6 Å². The second-order valence-electron chi connectivity index (χ2n) is 9.44. The van der Waals surface area contributed by atoms with E-state index >= 15 is 4.39 Å². The van der Waals surface area contributed by atoms with Crippen molar-refractivity contribution >= 4 is 23.4 Å². The van der Waals surface area contributed by atoms with Gasteiger partial charge in [-0.05, 0) is 55.3 Å². The van der Waals surface area contributed by atoms with E-state index in [0.29, 0.717) is 47.8 Å². The molecular weight excluding hydrogens is 561 g/mol. The quantitative estimate of drug-likeness (QED) is 0.131. The number of primary amides is 1.